The van der Waals surface area contributed by atoms with E-state index in [1.807, 2.05) is 12.1 Å². The van der Waals surface area contributed by atoms with Crippen LogP contribution < -0.4 is 5.32 Å². The number of benzene rings is 1. The van der Waals surface area contributed by atoms with Crippen molar-refractivity contribution in [1.82, 2.24) is 35.2 Å². The van der Waals surface area contributed by atoms with Crippen molar-refractivity contribution in [3.05, 3.63) is 59.0 Å². The number of imide groups is 2. The molecule has 1 aromatic carbocycles. The van der Waals surface area contributed by atoms with Crippen LogP contribution in [0.4, 0.5) is 0 Å². The lowest BCUT2D eigenvalue weighted by Gasteiger charge is -2.29. The Hall–Kier alpha value is -4.45. The molecule has 0 radical (unpaired) electrons. The molecule has 1 saturated heterocycles. The van der Waals surface area contributed by atoms with Crippen molar-refractivity contribution in [2.45, 2.75) is 38.3 Å². The summed E-state index contributed by atoms with van der Waals surface area (Å²) in [5, 5.41) is 6.69. The van der Waals surface area contributed by atoms with E-state index in [2.05, 4.69) is 25.4 Å². The molecule has 1 atom stereocenters. The van der Waals surface area contributed by atoms with Crippen LogP contribution in [-0.2, 0) is 25.7 Å². The predicted molar refractivity (Wildman–Crippen MR) is 130 cm³/mol. The van der Waals surface area contributed by atoms with Crippen LogP contribution in [-0.4, -0.2) is 66.1 Å². The number of amides is 4. The first kappa shape index (κ1) is 23.9. The normalized spacial score (nSPS) is 19.8. The second-order valence-electron chi connectivity index (χ2n) is 9.07. The van der Waals surface area contributed by atoms with E-state index in [1.54, 1.807) is 23.2 Å². The monoisotopic (exact) mass is 533 g/mol. The van der Waals surface area contributed by atoms with Gasteiger partial charge in [-0.1, -0.05) is 28.9 Å². The summed E-state index contributed by atoms with van der Waals surface area (Å²) in [5.74, 6) is -1.61. The van der Waals surface area contributed by atoms with Gasteiger partial charge in [-0.05, 0) is 31.4 Å². The second-order valence-corrected chi connectivity index (χ2v) is 9.45. The highest BCUT2D eigenvalue weighted by Gasteiger charge is 2.48. The lowest BCUT2D eigenvalue weighted by molar-refractivity contribution is -0.150. The molecule has 3 aromatic rings. The zero-order valence-electron chi connectivity index (χ0n) is 19.9. The summed E-state index contributed by atoms with van der Waals surface area (Å²) in [6.45, 7) is 0.583. The number of piperidine rings is 1. The number of hydrogen-bond acceptors (Lipinski definition) is 10. The second kappa shape index (κ2) is 9.45. The minimum absolute atomic E-state index is 0.0631. The van der Waals surface area contributed by atoms with E-state index in [-0.39, 0.29) is 36.8 Å². The van der Waals surface area contributed by atoms with Gasteiger partial charge in [0.15, 0.2) is 0 Å². The molecule has 13 heteroatoms. The van der Waals surface area contributed by atoms with Crippen molar-refractivity contribution in [3.8, 4) is 22.6 Å². The first-order chi connectivity index (χ1) is 18.4. The van der Waals surface area contributed by atoms with Crippen LogP contribution in [0, 0.1) is 0 Å². The molecule has 1 N–H and O–H groups in total. The zero-order chi connectivity index (χ0) is 26.4. The molecule has 38 heavy (non-hydrogen) atoms. The molecular weight excluding hydrogens is 514 g/mol. The average molecular weight is 534 g/mol. The van der Waals surface area contributed by atoms with E-state index >= 15 is 0 Å². The van der Waals surface area contributed by atoms with E-state index < -0.39 is 29.7 Å². The summed E-state index contributed by atoms with van der Waals surface area (Å²) in [7, 11) is 0. The molecule has 5 heterocycles. The minimum atomic E-state index is -1.01. The van der Waals surface area contributed by atoms with E-state index in [9.17, 15) is 19.2 Å². The molecule has 1 fully saturated rings. The zero-order valence-corrected chi connectivity index (χ0v) is 20.6. The Bertz CT molecular complexity index is 1520. The molecule has 192 valence electrons. The van der Waals surface area contributed by atoms with Gasteiger partial charge < -0.3 is 9.42 Å². The number of nitrogens with one attached hydrogen (secondary N) is 1. The van der Waals surface area contributed by atoms with Gasteiger partial charge in [0.25, 0.3) is 11.8 Å². The molecule has 1 unspecified atom stereocenters. The molecule has 0 bridgehead atoms. The molecule has 3 aliphatic heterocycles. The van der Waals surface area contributed by atoms with Crippen LogP contribution in [0.15, 0.2) is 52.6 Å². The fourth-order valence-corrected chi connectivity index (χ4v) is 5.31. The third-order valence-corrected chi connectivity index (χ3v) is 7.18. The highest BCUT2D eigenvalue weighted by atomic mass is 35.5. The van der Waals surface area contributed by atoms with E-state index in [4.69, 9.17) is 16.1 Å². The van der Waals surface area contributed by atoms with Crippen LogP contribution in [0.3, 0.4) is 0 Å². The van der Waals surface area contributed by atoms with Crippen molar-refractivity contribution >= 4 is 35.2 Å². The number of aromatic nitrogens is 4. The predicted octanol–water partition coefficient (Wildman–Crippen LogP) is 1.87. The van der Waals surface area contributed by atoms with Crippen LogP contribution in [0.5, 0.6) is 0 Å². The Balaban J connectivity index is 1.24. The maximum absolute atomic E-state index is 13.4. The Morgan fingerprint density at radius 3 is 2.71 bits per heavy atom. The molecular formula is C25H20ClN7O5. The molecule has 0 saturated carbocycles. The van der Waals surface area contributed by atoms with E-state index in [1.165, 1.54) is 6.33 Å². The number of nitrogens with zero attached hydrogens (tertiary/aromatic N) is 6. The summed E-state index contributed by atoms with van der Waals surface area (Å²) in [6.07, 6.45) is 4.27. The lowest BCUT2D eigenvalue weighted by atomic mass is 10.0. The van der Waals surface area contributed by atoms with Crippen LogP contribution in [0.25, 0.3) is 22.6 Å². The summed E-state index contributed by atoms with van der Waals surface area (Å²) >= 11 is 6.66. The van der Waals surface area contributed by atoms with Crippen molar-refractivity contribution < 1.29 is 23.7 Å². The summed E-state index contributed by atoms with van der Waals surface area (Å²) < 4.78 is 5.48. The van der Waals surface area contributed by atoms with Gasteiger partial charge in [0.1, 0.15) is 18.1 Å². The Kier molecular flexibility index (Phi) is 5.95. The van der Waals surface area contributed by atoms with Crippen LogP contribution in [0.1, 0.15) is 31.6 Å². The summed E-state index contributed by atoms with van der Waals surface area (Å²) in [5.41, 5.74) is 2.47. The fraction of sp³-hybridized carbons (Fsp3) is 0.280. The van der Waals surface area contributed by atoms with Crippen molar-refractivity contribution in [1.29, 1.82) is 0 Å². The van der Waals surface area contributed by atoms with Gasteiger partial charge in [-0.3, -0.25) is 29.4 Å². The van der Waals surface area contributed by atoms with Gasteiger partial charge in [0.05, 0.1) is 17.3 Å². The number of carbonyl (C=O) groups is 4. The molecule has 0 aliphatic carbocycles. The van der Waals surface area contributed by atoms with Gasteiger partial charge in [-0.15, -0.1) is 0 Å². The molecule has 3 aliphatic rings. The van der Waals surface area contributed by atoms with Gasteiger partial charge in [-0.2, -0.15) is 4.98 Å². The standard InChI is InChI=1S/C25H20ClN7O5/c26-20-13(16-8-9-27-12-28-16)3-1-4-14(20)22-30-19(38-31-22)11-32-10-2-5-15-21(32)25(37)33(24(15)36)17-6-7-18(34)29-23(17)35/h1,3-4,8-9,12,17H,2,5-7,10-11H2,(H,29,34,35). The Labute approximate surface area is 220 Å². The topological polar surface area (TPSA) is 151 Å². The van der Waals surface area contributed by atoms with Gasteiger partial charge >= 0.3 is 0 Å². The van der Waals surface area contributed by atoms with E-state index in [0.717, 1.165) is 4.90 Å². The summed E-state index contributed by atoms with van der Waals surface area (Å²) in [4.78, 5) is 65.8. The quantitative estimate of drug-likeness (QED) is 0.481. The molecule has 6 rings (SSSR count). The number of hydrogen-bond donors (Lipinski definition) is 1. The summed E-state index contributed by atoms with van der Waals surface area (Å²) in [6, 6.07) is 6.13. The highest BCUT2D eigenvalue weighted by Crippen LogP contribution is 2.36. The third-order valence-electron chi connectivity index (χ3n) is 6.77. The lowest BCUT2D eigenvalue weighted by Crippen LogP contribution is -2.55. The smallest absolute Gasteiger partial charge is 0.278 e. The van der Waals surface area contributed by atoms with Gasteiger partial charge in [0, 0.05) is 35.9 Å². The Morgan fingerprint density at radius 1 is 1.08 bits per heavy atom. The Morgan fingerprint density at radius 2 is 1.92 bits per heavy atom. The first-order valence-corrected chi connectivity index (χ1v) is 12.4. The van der Waals surface area contributed by atoms with Crippen LogP contribution >= 0.6 is 11.6 Å². The highest BCUT2D eigenvalue weighted by molar-refractivity contribution is 6.35. The van der Waals surface area contributed by atoms with Gasteiger partial charge in [0.2, 0.25) is 23.5 Å². The molecule has 2 aromatic heterocycles. The number of rotatable bonds is 5. The largest absolute Gasteiger partial charge is 0.357 e. The van der Waals surface area contributed by atoms with Crippen LogP contribution in [0.2, 0.25) is 5.02 Å². The van der Waals surface area contributed by atoms with Crippen molar-refractivity contribution in [3.63, 3.8) is 0 Å². The average Bonchev–Trinajstić information content (AvgIpc) is 3.48. The van der Waals surface area contributed by atoms with Gasteiger partial charge in [-0.25, -0.2) is 9.97 Å². The van der Waals surface area contributed by atoms with Crippen molar-refractivity contribution in [2.24, 2.45) is 0 Å². The number of halogens is 1. The fourth-order valence-electron chi connectivity index (χ4n) is 5.01. The third kappa shape index (κ3) is 4.02. The molecule has 4 amide bonds. The first-order valence-electron chi connectivity index (χ1n) is 12.0. The van der Waals surface area contributed by atoms with Crippen molar-refractivity contribution in [2.75, 3.05) is 6.54 Å². The SMILES string of the molecule is O=C1CCC(N2C(=O)C3=C(C2=O)N(Cc2nc(-c4cccc(-c5ccncn5)c4Cl)no2)CCC3)C(=O)N1. The van der Waals surface area contributed by atoms with E-state index in [0.29, 0.717) is 46.8 Å². The maximum Gasteiger partial charge on any atom is 0.278 e. The maximum atomic E-state index is 13.4. The molecule has 0 spiro atoms. The molecule has 12 nitrogen and oxygen atoms in total. The number of carbonyl (C=O) groups excluding carboxylic acids is 4. The minimum Gasteiger partial charge on any atom is -0.357 e.